The quantitative estimate of drug-likeness (QED) is 0.486. The molecule has 17 heavy (non-hydrogen) atoms. The van der Waals surface area contributed by atoms with Crippen molar-refractivity contribution in [1.29, 1.82) is 0 Å². The number of rotatable bonds is 5. The summed E-state index contributed by atoms with van der Waals surface area (Å²) < 4.78 is 5.08. The van der Waals surface area contributed by atoms with Crippen molar-refractivity contribution in [3.8, 4) is 5.75 Å². The summed E-state index contributed by atoms with van der Waals surface area (Å²) in [6, 6.07) is 7.87. The summed E-state index contributed by atoms with van der Waals surface area (Å²) in [6.07, 6.45) is 0.794. The minimum Gasteiger partial charge on any atom is -0.673 e. The van der Waals surface area contributed by atoms with Crippen LogP contribution in [0.3, 0.4) is 0 Å². The Morgan fingerprint density at radius 2 is 1.76 bits per heavy atom. The Bertz CT molecular complexity index is 293. The van der Waals surface area contributed by atoms with Crippen LogP contribution in [0.15, 0.2) is 24.3 Å². The Morgan fingerprint density at radius 1 is 1.24 bits per heavy atom. The first kappa shape index (κ1) is 18.0. The zero-order valence-electron chi connectivity index (χ0n) is 10.7. The molecule has 0 bridgehead atoms. The standard InChI is InChI=1S/C12H19N2O.Re.Rf/c1-14(2)9-11(13)8-10-4-6-12(15-3)7-5-10;;/h4-7,11,13H,8-9H2,1-3H3;;/q-1;;. The van der Waals surface area contributed by atoms with E-state index in [1.807, 2.05) is 43.3 Å². The van der Waals surface area contributed by atoms with Gasteiger partial charge in [-0.05, 0) is 44.8 Å². The Morgan fingerprint density at radius 3 is 2.18 bits per heavy atom. The molecule has 1 radical (unpaired) electrons. The summed E-state index contributed by atoms with van der Waals surface area (Å²) in [7, 11) is 5.65. The summed E-state index contributed by atoms with van der Waals surface area (Å²) in [5.41, 5.74) is 9.06. The Kier molecular flexibility index (Phi) is 9.22. The van der Waals surface area contributed by atoms with E-state index in [-0.39, 0.29) is 26.5 Å². The second-order valence-electron chi connectivity index (χ2n) is 4.01. The van der Waals surface area contributed by atoms with E-state index in [9.17, 15) is 0 Å². The summed E-state index contributed by atoms with van der Waals surface area (Å²) in [4.78, 5) is 2.04. The Hall–Kier alpha value is -1.40. The van der Waals surface area contributed by atoms with Crippen molar-refractivity contribution in [3.63, 3.8) is 0 Å². The molecule has 93 valence electrons. The zero-order chi connectivity index (χ0) is 11.3. The van der Waals surface area contributed by atoms with Crippen LogP contribution in [-0.2, 0) is 26.8 Å². The molecular formula is C12H19N2OReRf-. The molecule has 0 aliphatic rings. The van der Waals surface area contributed by atoms with Gasteiger partial charge in [-0.2, -0.15) is 0 Å². The molecule has 0 saturated carbocycles. The van der Waals surface area contributed by atoms with Crippen LogP contribution in [0.2, 0.25) is 0 Å². The van der Waals surface area contributed by atoms with E-state index in [0.717, 1.165) is 18.7 Å². The largest absolute Gasteiger partial charge is 0.673 e. The monoisotopic (exact) mass is 661 g/mol. The van der Waals surface area contributed by atoms with Gasteiger partial charge in [0.1, 0.15) is 5.75 Å². The number of nitrogens with zero attached hydrogens (tertiary/aromatic N) is 1. The minimum absolute atomic E-state index is 0. The van der Waals surface area contributed by atoms with Crippen LogP contribution in [0.25, 0.3) is 5.73 Å². The van der Waals surface area contributed by atoms with Crippen molar-refractivity contribution in [1.82, 2.24) is 4.90 Å². The Labute approximate surface area is 112 Å². The van der Waals surface area contributed by atoms with Crippen LogP contribution in [0.5, 0.6) is 5.75 Å². The number of likely N-dealkylation sites (N-methyl/N-ethyl adjacent to an activating group) is 1. The van der Waals surface area contributed by atoms with Gasteiger partial charge in [0.05, 0.1) is 7.11 Å². The van der Waals surface area contributed by atoms with Crippen molar-refractivity contribution >= 4 is 0 Å². The van der Waals surface area contributed by atoms with E-state index in [2.05, 4.69) is 0 Å². The molecule has 0 fully saturated rings. The number of methoxy groups -OCH3 is 1. The van der Waals surface area contributed by atoms with Gasteiger partial charge in [-0.15, -0.1) is 6.04 Å². The average molecular weight is 661 g/mol. The molecular weight excluding hydrogens is 641 g/mol. The van der Waals surface area contributed by atoms with E-state index in [1.54, 1.807) is 7.11 Å². The fraction of sp³-hybridized carbons (Fsp3) is 0.500. The van der Waals surface area contributed by atoms with Crippen molar-refractivity contribution in [2.75, 3.05) is 27.7 Å². The maximum atomic E-state index is 7.87. The van der Waals surface area contributed by atoms with Gasteiger partial charge in [-0.3, -0.25) is 0 Å². The molecule has 0 spiro atoms. The smallest absolute Gasteiger partial charge is 0.118 e. The van der Waals surface area contributed by atoms with Gasteiger partial charge >= 0.3 is 0 Å². The number of hydrogen-bond acceptors (Lipinski definition) is 2. The number of ether oxygens (including phenoxy) is 1. The van der Waals surface area contributed by atoms with E-state index in [1.165, 1.54) is 5.56 Å². The van der Waals surface area contributed by atoms with Crippen LogP contribution in [0.1, 0.15) is 5.56 Å². The Balaban J connectivity index is 0. The molecule has 0 amide bonds. The number of benzene rings is 1. The summed E-state index contributed by atoms with van der Waals surface area (Å²) in [5, 5.41) is 0. The van der Waals surface area contributed by atoms with Gasteiger partial charge in [0.2, 0.25) is 0 Å². The predicted octanol–water partition coefficient (Wildman–Crippen LogP) is 2.22. The van der Waals surface area contributed by atoms with E-state index in [4.69, 9.17) is 10.5 Å². The second kappa shape index (κ2) is 8.72. The zero-order valence-corrected chi connectivity index (χ0v) is 19.9. The molecule has 0 aliphatic carbocycles. The molecule has 1 rings (SSSR count). The summed E-state index contributed by atoms with van der Waals surface area (Å²) in [5.74, 6) is 0.868. The van der Waals surface area contributed by atoms with Crippen LogP contribution < -0.4 is 4.74 Å². The third-order valence-corrected chi connectivity index (χ3v) is 2.23. The fourth-order valence-electron chi connectivity index (χ4n) is 1.55. The molecule has 1 aromatic rings. The second-order valence-corrected chi connectivity index (χ2v) is 4.01. The first-order valence-electron chi connectivity index (χ1n) is 5.10. The fourth-order valence-corrected chi connectivity index (χ4v) is 1.55. The summed E-state index contributed by atoms with van der Waals surface area (Å²) >= 11 is 0. The van der Waals surface area contributed by atoms with Crippen LogP contribution in [-0.4, -0.2) is 38.7 Å². The van der Waals surface area contributed by atoms with E-state index < -0.39 is 0 Å². The molecule has 1 unspecified atom stereocenters. The third-order valence-electron chi connectivity index (χ3n) is 2.23. The van der Waals surface area contributed by atoms with E-state index >= 15 is 0 Å². The summed E-state index contributed by atoms with van der Waals surface area (Å²) in [6.45, 7) is 0.798. The van der Waals surface area contributed by atoms with Gasteiger partial charge in [-0.25, -0.2) is 0 Å². The van der Waals surface area contributed by atoms with Gasteiger partial charge in [0, 0.05) is 20.4 Å². The normalized spacial score (nSPS) is 11.4. The molecule has 1 N–H and O–H groups in total. The van der Waals surface area contributed by atoms with Crippen LogP contribution in [0.4, 0.5) is 0 Å². The third kappa shape index (κ3) is 6.70. The maximum Gasteiger partial charge on any atom is 0.118 e. The van der Waals surface area contributed by atoms with Crippen molar-refractivity contribution in [2.45, 2.75) is 12.5 Å². The van der Waals surface area contributed by atoms with Crippen LogP contribution >= 0.6 is 0 Å². The van der Waals surface area contributed by atoms with Crippen molar-refractivity contribution in [2.24, 2.45) is 0 Å². The van der Waals surface area contributed by atoms with Gasteiger partial charge < -0.3 is 15.4 Å². The molecule has 1 atom stereocenters. The first-order valence-corrected chi connectivity index (χ1v) is 5.10. The van der Waals surface area contributed by atoms with Crippen molar-refractivity contribution < 1.29 is 25.2 Å². The number of hydrogen-bond donors (Lipinski definition) is 0. The minimum atomic E-state index is -0.0617. The van der Waals surface area contributed by atoms with E-state index in [0.29, 0.717) is 0 Å². The molecule has 1 aromatic carbocycles. The topological polar surface area (TPSA) is 36.3 Å². The predicted molar refractivity (Wildman–Crippen MR) is 63.4 cm³/mol. The van der Waals surface area contributed by atoms with Crippen molar-refractivity contribution in [3.05, 3.63) is 35.6 Å². The first-order chi connectivity index (χ1) is 7.11. The number of nitrogens with one attached hydrogen (secondary N) is 1. The molecule has 0 saturated heterocycles. The molecule has 5 heteroatoms. The SMILES string of the molecule is COc1ccc(CC([NH-])CN(C)C)cc1.[Re].[Rf]. The molecule has 0 aliphatic heterocycles. The molecule has 0 heterocycles. The van der Waals surface area contributed by atoms with Gasteiger partial charge in [0.25, 0.3) is 0 Å². The molecule has 0 aromatic heterocycles. The van der Waals surface area contributed by atoms with Gasteiger partial charge in [0.15, 0.2) is 0 Å². The average Bonchev–Trinajstić information content (AvgIpc) is 2.17. The maximum absolute atomic E-state index is 7.87. The van der Waals surface area contributed by atoms with Gasteiger partial charge in [-0.1, -0.05) is 12.1 Å². The molecule has 3 nitrogen and oxygen atoms in total. The van der Waals surface area contributed by atoms with Crippen LogP contribution in [0, 0.1) is 0 Å².